The van der Waals surface area contributed by atoms with Crippen molar-refractivity contribution in [3.05, 3.63) is 35.1 Å². The van der Waals surface area contributed by atoms with Gasteiger partial charge in [0, 0.05) is 0 Å². The van der Waals surface area contributed by atoms with E-state index in [1.54, 1.807) is 12.1 Å². The summed E-state index contributed by atoms with van der Waals surface area (Å²) in [4.78, 5) is 0. The van der Waals surface area contributed by atoms with E-state index in [2.05, 4.69) is 6.92 Å². The lowest BCUT2D eigenvalue weighted by Crippen LogP contribution is -1.86. The van der Waals surface area contributed by atoms with Crippen LogP contribution in [0.15, 0.2) is 18.2 Å². The molecule has 0 atom stereocenters. The van der Waals surface area contributed by atoms with E-state index in [0.29, 0.717) is 0 Å². The van der Waals surface area contributed by atoms with Crippen molar-refractivity contribution in [3.63, 3.8) is 0 Å². The summed E-state index contributed by atoms with van der Waals surface area (Å²) in [6.45, 7) is 4.02. The predicted molar refractivity (Wildman–Crippen MR) is 45.1 cm³/mol. The fourth-order valence-corrected chi connectivity index (χ4v) is 1.25. The SMILES string of the molecule is CCCc1cc(C)cc(F)c1. The number of halogens is 1. The Hall–Kier alpha value is -0.850. The maximum absolute atomic E-state index is 12.8. The van der Waals surface area contributed by atoms with Gasteiger partial charge in [-0.15, -0.1) is 0 Å². The van der Waals surface area contributed by atoms with Crippen LogP contribution in [0, 0.1) is 12.7 Å². The van der Waals surface area contributed by atoms with Crippen molar-refractivity contribution in [2.75, 3.05) is 0 Å². The second kappa shape index (κ2) is 3.51. The molecule has 1 heteroatoms. The minimum absolute atomic E-state index is 0.117. The van der Waals surface area contributed by atoms with Gasteiger partial charge in [0.2, 0.25) is 0 Å². The number of aryl methyl sites for hydroxylation is 2. The van der Waals surface area contributed by atoms with Gasteiger partial charge in [0.05, 0.1) is 0 Å². The first-order valence-electron chi connectivity index (χ1n) is 3.98. The van der Waals surface area contributed by atoms with Crippen LogP contribution >= 0.6 is 0 Å². The summed E-state index contributed by atoms with van der Waals surface area (Å²) in [5, 5.41) is 0. The highest BCUT2D eigenvalue weighted by molar-refractivity contribution is 5.23. The monoisotopic (exact) mass is 152 g/mol. The summed E-state index contributed by atoms with van der Waals surface area (Å²) in [6.07, 6.45) is 2.04. The van der Waals surface area contributed by atoms with Crippen LogP contribution < -0.4 is 0 Å². The second-order valence-electron chi connectivity index (χ2n) is 2.89. The Morgan fingerprint density at radius 1 is 1.27 bits per heavy atom. The molecule has 0 saturated carbocycles. The molecule has 0 spiro atoms. The van der Waals surface area contributed by atoms with Crippen LogP contribution in [0.25, 0.3) is 0 Å². The third kappa shape index (κ3) is 2.34. The maximum atomic E-state index is 12.8. The summed E-state index contributed by atoms with van der Waals surface area (Å²) in [5.74, 6) is -0.117. The normalized spacial score (nSPS) is 10.1. The molecule has 0 N–H and O–H groups in total. The first-order valence-corrected chi connectivity index (χ1v) is 3.98. The third-order valence-corrected chi connectivity index (χ3v) is 1.64. The molecule has 0 heterocycles. The van der Waals surface area contributed by atoms with Crippen molar-refractivity contribution in [1.29, 1.82) is 0 Å². The Bertz CT molecular complexity index is 220. The van der Waals surface area contributed by atoms with Crippen molar-refractivity contribution < 1.29 is 4.39 Å². The van der Waals surface area contributed by atoms with E-state index in [-0.39, 0.29) is 5.82 Å². The largest absolute Gasteiger partial charge is 0.207 e. The van der Waals surface area contributed by atoms with Gasteiger partial charge in [-0.1, -0.05) is 19.4 Å². The number of hydrogen-bond donors (Lipinski definition) is 0. The molecule has 0 bridgehead atoms. The first-order chi connectivity index (χ1) is 5.22. The smallest absolute Gasteiger partial charge is 0.123 e. The van der Waals surface area contributed by atoms with Gasteiger partial charge in [-0.2, -0.15) is 0 Å². The average molecular weight is 152 g/mol. The van der Waals surface area contributed by atoms with E-state index in [0.717, 1.165) is 24.0 Å². The highest BCUT2D eigenvalue weighted by Gasteiger charge is 1.95. The van der Waals surface area contributed by atoms with Crippen molar-refractivity contribution >= 4 is 0 Å². The summed E-state index contributed by atoms with van der Waals surface area (Å²) >= 11 is 0. The van der Waals surface area contributed by atoms with Gasteiger partial charge in [0.25, 0.3) is 0 Å². The Labute approximate surface area is 67.1 Å². The lowest BCUT2D eigenvalue weighted by atomic mass is 10.1. The predicted octanol–water partition coefficient (Wildman–Crippen LogP) is 3.09. The molecule has 11 heavy (non-hydrogen) atoms. The standard InChI is InChI=1S/C10H13F/c1-3-4-9-5-8(2)6-10(11)7-9/h5-7H,3-4H2,1-2H3. The van der Waals surface area contributed by atoms with Crippen molar-refractivity contribution in [2.45, 2.75) is 26.7 Å². The zero-order valence-corrected chi connectivity index (χ0v) is 7.02. The van der Waals surface area contributed by atoms with Crippen LogP contribution in [0.4, 0.5) is 4.39 Å². The highest BCUT2D eigenvalue weighted by atomic mass is 19.1. The number of hydrogen-bond acceptors (Lipinski definition) is 0. The molecule has 0 aromatic heterocycles. The second-order valence-corrected chi connectivity index (χ2v) is 2.89. The van der Waals surface area contributed by atoms with Gasteiger partial charge >= 0.3 is 0 Å². The molecule has 0 saturated heterocycles. The Balaban J connectivity index is 2.89. The average Bonchev–Trinajstić information content (AvgIpc) is 1.85. The summed E-state index contributed by atoms with van der Waals surface area (Å²) < 4.78 is 12.8. The molecule has 60 valence electrons. The van der Waals surface area contributed by atoms with Crippen LogP contribution in [-0.2, 0) is 6.42 Å². The molecule has 1 rings (SSSR count). The first kappa shape index (κ1) is 8.25. The summed E-state index contributed by atoms with van der Waals surface area (Å²) in [5.41, 5.74) is 2.11. The molecule has 0 radical (unpaired) electrons. The quantitative estimate of drug-likeness (QED) is 0.611. The molecule has 0 aliphatic carbocycles. The van der Waals surface area contributed by atoms with Crippen molar-refractivity contribution in [2.24, 2.45) is 0 Å². The van der Waals surface area contributed by atoms with Crippen LogP contribution in [0.3, 0.4) is 0 Å². The molecule has 0 aliphatic rings. The van der Waals surface area contributed by atoms with Crippen molar-refractivity contribution in [1.82, 2.24) is 0 Å². The van der Waals surface area contributed by atoms with E-state index >= 15 is 0 Å². The van der Waals surface area contributed by atoms with E-state index in [1.807, 2.05) is 13.0 Å². The number of benzene rings is 1. The lowest BCUT2D eigenvalue weighted by Gasteiger charge is -2.00. The van der Waals surface area contributed by atoms with Gasteiger partial charge in [-0.3, -0.25) is 0 Å². The van der Waals surface area contributed by atoms with E-state index in [9.17, 15) is 4.39 Å². The van der Waals surface area contributed by atoms with Crippen LogP contribution in [0.5, 0.6) is 0 Å². The molecule has 1 aromatic carbocycles. The summed E-state index contributed by atoms with van der Waals surface area (Å²) in [6, 6.07) is 5.20. The molecule has 0 aliphatic heterocycles. The Kier molecular flexibility index (Phi) is 2.64. The summed E-state index contributed by atoms with van der Waals surface area (Å²) in [7, 11) is 0. The van der Waals surface area contributed by atoms with Gasteiger partial charge in [0.15, 0.2) is 0 Å². The zero-order chi connectivity index (χ0) is 8.27. The third-order valence-electron chi connectivity index (χ3n) is 1.64. The number of rotatable bonds is 2. The fourth-order valence-electron chi connectivity index (χ4n) is 1.25. The molecule has 0 amide bonds. The van der Waals surface area contributed by atoms with Crippen molar-refractivity contribution in [3.8, 4) is 0 Å². The Morgan fingerprint density at radius 3 is 2.55 bits per heavy atom. The van der Waals surface area contributed by atoms with Gasteiger partial charge in [-0.25, -0.2) is 4.39 Å². The van der Waals surface area contributed by atoms with Gasteiger partial charge in [-0.05, 0) is 36.6 Å². The van der Waals surface area contributed by atoms with Gasteiger partial charge in [0.1, 0.15) is 5.82 Å². The minimum Gasteiger partial charge on any atom is -0.207 e. The molecule has 0 nitrogen and oxygen atoms in total. The molecule has 0 fully saturated rings. The Morgan fingerprint density at radius 2 is 2.00 bits per heavy atom. The molecule has 0 unspecified atom stereocenters. The van der Waals surface area contributed by atoms with E-state index in [4.69, 9.17) is 0 Å². The molecular formula is C10H13F. The topological polar surface area (TPSA) is 0 Å². The van der Waals surface area contributed by atoms with E-state index in [1.165, 1.54) is 0 Å². The zero-order valence-electron chi connectivity index (χ0n) is 7.02. The molecule has 1 aromatic rings. The maximum Gasteiger partial charge on any atom is 0.123 e. The van der Waals surface area contributed by atoms with Crippen LogP contribution in [0.1, 0.15) is 24.5 Å². The molecular weight excluding hydrogens is 139 g/mol. The van der Waals surface area contributed by atoms with Crippen LogP contribution in [-0.4, -0.2) is 0 Å². The van der Waals surface area contributed by atoms with Crippen LogP contribution in [0.2, 0.25) is 0 Å². The fraction of sp³-hybridized carbons (Fsp3) is 0.400. The lowest BCUT2D eigenvalue weighted by molar-refractivity contribution is 0.623. The highest BCUT2D eigenvalue weighted by Crippen LogP contribution is 2.09. The minimum atomic E-state index is -0.117. The van der Waals surface area contributed by atoms with E-state index < -0.39 is 0 Å². The van der Waals surface area contributed by atoms with Gasteiger partial charge < -0.3 is 0 Å².